The van der Waals surface area contributed by atoms with Crippen LogP contribution in [0.25, 0.3) is 0 Å². The average Bonchev–Trinajstić information content (AvgIpc) is 2.64. The molecule has 1 unspecified atom stereocenters. The topological polar surface area (TPSA) is 6.48 Å². The van der Waals surface area contributed by atoms with Crippen LogP contribution in [0.1, 0.15) is 25.7 Å². The van der Waals surface area contributed by atoms with Crippen molar-refractivity contribution in [1.82, 2.24) is 4.90 Å². The second kappa shape index (κ2) is 5.80. The van der Waals surface area contributed by atoms with E-state index in [2.05, 4.69) is 25.7 Å². The van der Waals surface area contributed by atoms with E-state index in [1.807, 2.05) is 12.1 Å². The van der Waals surface area contributed by atoms with Gasteiger partial charge in [0.25, 0.3) is 0 Å². The molecule has 2 aliphatic rings. The van der Waals surface area contributed by atoms with Crippen molar-refractivity contribution in [3.63, 3.8) is 0 Å². The van der Waals surface area contributed by atoms with Gasteiger partial charge in [-0.2, -0.15) is 0 Å². The lowest BCUT2D eigenvalue weighted by Crippen LogP contribution is -2.44. The summed E-state index contributed by atoms with van der Waals surface area (Å²) in [5.41, 5.74) is 1.14. The molecule has 0 N–H and O–H groups in total. The smallest absolute Gasteiger partial charge is 0.137 e. The third-order valence-corrected chi connectivity index (χ3v) is 4.93. The number of benzene rings is 1. The minimum Gasteiger partial charge on any atom is -0.370 e. The van der Waals surface area contributed by atoms with E-state index in [9.17, 15) is 4.39 Å². The summed E-state index contributed by atoms with van der Waals surface area (Å²) in [6.07, 6.45) is 5.20. The maximum atomic E-state index is 13.3. The molecular formula is C15H20BrFN2. The first kappa shape index (κ1) is 13.4. The molecule has 1 aromatic carbocycles. The van der Waals surface area contributed by atoms with E-state index in [4.69, 9.17) is 0 Å². The molecule has 19 heavy (non-hydrogen) atoms. The van der Waals surface area contributed by atoms with E-state index < -0.39 is 0 Å². The minimum atomic E-state index is -0.183. The van der Waals surface area contributed by atoms with Crippen LogP contribution in [0.4, 0.5) is 10.1 Å². The lowest BCUT2D eigenvalue weighted by molar-refractivity contribution is 0.162. The first-order valence-electron chi connectivity index (χ1n) is 7.18. The first-order valence-corrected chi connectivity index (χ1v) is 7.97. The second-order valence-corrected chi connectivity index (χ2v) is 6.44. The van der Waals surface area contributed by atoms with Crippen LogP contribution >= 0.6 is 15.9 Å². The molecule has 0 amide bonds. The lowest BCUT2D eigenvalue weighted by atomic mass is 10.0. The van der Waals surface area contributed by atoms with Crippen LogP contribution in [-0.2, 0) is 0 Å². The van der Waals surface area contributed by atoms with Crippen LogP contribution in [0.3, 0.4) is 0 Å². The minimum absolute atomic E-state index is 0.183. The molecule has 0 aliphatic carbocycles. The van der Waals surface area contributed by atoms with Crippen molar-refractivity contribution in [1.29, 1.82) is 0 Å². The van der Waals surface area contributed by atoms with Gasteiger partial charge in [-0.3, -0.25) is 4.90 Å². The van der Waals surface area contributed by atoms with Crippen LogP contribution in [0.2, 0.25) is 0 Å². The normalized spacial score (nSPS) is 24.9. The lowest BCUT2D eigenvalue weighted by Gasteiger charge is -2.35. The van der Waals surface area contributed by atoms with Gasteiger partial charge in [-0.05, 0) is 59.9 Å². The number of halogens is 2. The Morgan fingerprint density at radius 1 is 1.11 bits per heavy atom. The number of rotatable bonds is 1. The summed E-state index contributed by atoms with van der Waals surface area (Å²) in [7, 11) is 0. The summed E-state index contributed by atoms with van der Waals surface area (Å²) in [6.45, 7) is 4.62. The van der Waals surface area contributed by atoms with Crippen molar-refractivity contribution < 1.29 is 4.39 Å². The van der Waals surface area contributed by atoms with E-state index >= 15 is 0 Å². The Balaban J connectivity index is 1.78. The quantitative estimate of drug-likeness (QED) is 0.777. The van der Waals surface area contributed by atoms with Gasteiger partial charge in [-0.25, -0.2) is 4.39 Å². The molecule has 3 rings (SSSR count). The van der Waals surface area contributed by atoms with Gasteiger partial charge < -0.3 is 4.90 Å². The van der Waals surface area contributed by atoms with Crippen molar-refractivity contribution in [2.24, 2.45) is 0 Å². The zero-order valence-electron chi connectivity index (χ0n) is 11.1. The summed E-state index contributed by atoms with van der Waals surface area (Å²) < 4.78 is 13.9. The Bertz CT molecular complexity index is 452. The molecule has 2 nitrogen and oxygen atoms in total. The fourth-order valence-electron chi connectivity index (χ4n) is 3.29. The Kier molecular flexibility index (Phi) is 4.08. The number of hydrogen-bond acceptors (Lipinski definition) is 2. The average molecular weight is 327 g/mol. The van der Waals surface area contributed by atoms with Crippen molar-refractivity contribution in [2.75, 3.05) is 31.1 Å². The molecule has 1 aromatic rings. The second-order valence-electron chi connectivity index (χ2n) is 5.58. The van der Waals surface area contributed by atoms with Crippen molar-refractivity contribution in [3.8, 4) is 0 Å². The summed E-state index contributed by atoms with van der Waals surface area (Å²) in [5.74, 6) is -0.183. The molecule has 0 radical (unpaired) electrons. The molecule has 104 valence electrons. The van der Waals surface area contributed by atoms with E-state index in [1.165, 1.54) is 38.8 Å². The predicted molar refractivity (Wildman–Crippen MR) is 80.1 cm³/mol. The van der Waals surface area contributed by atoms with Gasteiger partial charge in [-0.1, -0.05) is 6.42 Å². The Labute approximate surface area is 122 Å². The molecule has 2 fully saturated rings. The molecular weight excluding hydrogens is 307 g/mol. The largest absolute Gasteiger partial charge is 0.370 e. The number of nitrogens with zero attached hydrogens (tertiary/aromatic N) is 2. The highest BCUT2D eigenvalue weighted by molar-refractivity contribution is 9.10. The zero-order chi connectivity index (χ0) is 13.2. The van der Waals surface area contributed by atoms with E-state index in [1.54, 1.807) is 6.07 Å². The van der Waals surface area contributed by atoms with Gasteiger partial charge in [0.15, 0.2) is 0 Å². The fourth-order valence-corrected chi connectivity index (χ4v) is 3.65. The Morgan fingerprint density at radius 2 is 1.95 bits per heavy atom. The molecule has 0 saturated carbocycles. The van der Waals surface area contributed by atoms with Crippen LogP contribution in [-0.4, -0.2) is 37.1 Å². The van der Waals surface area contributed by atoms with Crippen molar-refractivity contribution in [2.45, 2.75) is 31.7 Å². The Hall–Kier alpha value is -0.610. The molecule has 1 atom stereocenters. The maximum Gasteiger partial charge on any atom is 0.137 e. The van der Waals surface area contributed by atoms with E-state index in [0.717, 1.165) is 18.8 Å². The number of piperidine rings is 1. The van der Waals surface area contributed by atoms with Crippen LogP contribution in [0.15, 0.2) is 22.7 Å². The van der Waals surface area contributed by atoms with Crippen LogP contribution in [0, 0.1) is 5.82 Å². The van der Waals surface area contributed by atoms with Crippen molar-refractivity contribution >= 4 is 21.6 Å². The molecule has 0 spiro atoms. The summed E-state index contributed by atoms with van der Waals surface area (Å²) >= 11 is 3.29. The molecule has 2 saturated heterocycles. The van der Waals surface area contributed by atoms with E-state index in [0.29, 0.717) is 10.5 Å². The molecule has 4 heteroatoms. The fraction of sp³-hybridized carbons (Fsp3) is 0.600. The number of hydrogen-bond donors (Lipinski definition) is 0. The van der Waals surface area contributed by atoms with Gasteiger partial charge in [0.1, 0.15) is 5.82 Å². The zero-order valence-corrected chi connectivity index (χ0v) is 12.7. The third kappa shape index (κ3) is 2.95. The molecule has 2 aliphatic heterocycles. The van der Waals surface area contributed by atoms with Gasteiger partial charge in [0.2, 0.25) is 0 Å². The van der Waals surface area contributed by atoms with Gasteiger partial charge >= 0.3 is 0 Å². The van der Waals surface area contributed by atoms with Crippen LogP contribution < -0.4 is 4.90 Å². The Morgan fingerprint density at radius 3 is 2.79 bits per heavy atom. The predicted octanol–water partition coefficient (Wildman–Crippen LogP) is 3.65. The van der Waals surface area contributed by atoms with Gasteiger partial charge in [0.05, 0.1) is 4.47 Å². The van der Waals surface area contributed by atoms with Crippen LogP contribution in [0.5, 0.6) is 0 Å². The van der Waals surface area contributed by atoms with Crippen molar-refractivity contribution in [3.05, 3.63) is 28.5 Å². The molecule has 2 heterocycles. The molecule has 0 aromatic heterocycles. The van der Waals surface area contributed by atoms with E-state index in [-0.39, 0.29) is 5.82 Å². The summed E-state index contributed by atoms with van der Waals surface area (Å²) in [5, 5.41) is 0. The SMILES string of the molecule is Fc1ccc(N2CCCN3CCCCC3C2)cc1Br. The monoisotopic (exact) mass is 326 g/mol. The van der Waals surface area contributed by atoms with Gasteiger partial charge in [0, 0.05) is 31.4 Å². The highest BCUT2D eigenvalue weighted by Crippen LogP contribution is 2.27. The highest BCUT2D eigenvalue weighted by atomic mass is 79.9. The highest BCUT2D eigenvalue weighted by Gasteiger charge is 2.27. The number of anilines is 1. The number of fused-ring (bicyclic) bond motifs is 1. The van der Waals surface area contributed by atoms with Gasteiger partial charge in [-0.15, -0.1) is 0 Å². The first-order chi connectivity index (χ1) is 9.24. The maximum absolute atomic E-state index is 13.3. The standard InChI is InChI=1S/C15H20BrFN2/c16-14-10-12(5-6-15(14)17)19-9-3-8-18-7-2-1-4-13(18)11-19/h5-6,10,13H,1-4,7-9,11H2. The summed E-state index contributed by atoms with van der Waals surface area (Å²) in [6, 6.07) is 6.05. The summed E-state index contributed by atoms with van der Waals surface area (Å²) in [4.78, 5) is 5.06. The third-order valence-electron chi connectivity index (χ3n) is 4.32. The molecule has 0 bridgehead atoms.